The second-order valence-electron chi connectivity index (χ2n) is 6.47. The van der Waals surface area contributed by atoms with Crippen molar-refractivity contribution < 1.29 is 19.2 Å². The molecule has 28 heavy (non-hydrogen) atoms. The predicted molar refractivity (Wildman–Crippen MR) is 108 cm³/mol. The van der Waals surface area contributed by atoms with Gasteiger partial charge in [0.25, 0.3) is 5.69 Å². The largest absolute Gasteiger partial charge is 0.465 e. The molecule has 0 aliphatic heterocycles. The molecule has 0 saturated heterocycles. The van der Waals surface area contributed by atoms with Crippen LogP contribution in [-0.4, -0.2) is 23.3 Å². The van der Waals surface area contributed by atoms with Gasteiger partial charge in [-0.3, -0.25) is 19.7 Å². The number of nitro benzene ring substituents is 1. The first-order valence-corrected chi connectivity index (χ1v) is 9.61. The molecule has 2 aromatic rings. The minimum absolute atomic E-state index is 0.0766. The van der Waals surface area contributed by atoms with E-state index in [4.69, 9.17) is 4.74 Å². The smallest absolute Gasteiger partial charge is 0.317 e. The number of hydrogen-bond donors (Lipinski definition) is 0. The molecule has 3 rings (SSSR count). The summed E-state index contributed by atoms with van der Waals surface area (Å²) in [5.41, 5.74) is 2.15. The Morgan fingerprint density at radius 2 is 1.96 bits per heavy atom. The summed E-state index contributed by atoms with van der Waals surface area (Å²) in [5, 5.41) is 11.2. The number of carbonyl (C=O) groups is 2. The van der Waals surface area contributed by atoms with E-state index in [0.29, 0.717) is 12.0 Å². The van der Waals surface area contributed by atoms with Gasteiger partial charge in [0.1, 0.15) is 5.92 Å². The zero-order valence-electron chi connectivity index (χ0n) is 15.1. The molecule has 2 aromatic carbocycles. The number of esters is 1. The molecule has 0 saturated carbocycles. The molecular weight excluding hydrogens is 426 g/mol. The fourth-order valence-corrected chi connectivity index (χ4v) is 3.69. The quantitative estimate of drug-likeness (QED) is 0.289. The molecule has 2 atom stereocenters. The van der Waals surface area contributed by atoms with Gasteiger partial charge in [0.15, 0.2) is 5.78 Å². The zero-order chi connectivity index (χ0) is 20.3. The Morgan fingerprint density at radius 1 is 1.25 bits per heavy atom. The van der Waals surface area contributed by atoms with E-state index in [1.165, 1.54) is 18.2 Å². The second-order valence-corrected chi connectivity index (χ2v) is 7.39. The van der Waals surface area contributed by atoms with Crippen molar-refractivity contribution in [2.24, 2.45) is 5.92 Å². The maximum Gasteiger partial charge on any atom is 0.317 e. The molecular formula is C21H18BrNO5. The van der Waals surface area contributed by atoms with Crippen molar-refractivity contribution >= 4 is 38.9 Å². The molecule has 0 amide bonds. The summed E-state index contributed by atoms with van der Waals surface area (Å²) in [4.78, 5) is 36.0. The van der Waals surface area contributed by atoms with Gasteiger partial charge in [-0.05, 0) is 48.3 Å². The SMILES string of the molecule is CCOC(=O)C1C(=O)C=C(c2ccc(Br)cc2)CC1c1cccc([N+](=O)[O-])c1. The standard InChI is InChI=1S/C21H18BrNO5/c1-2-28-21(25)20-18(14-4-3-5-17(10-14)23(26)27)11-15(12-19(20)24)13-6-8-16(22)9-7-13/h3-10,12,18,20H,2,11H2,1H3. The van der Waals surface area contributed by atoms with Crippen LogP contribution in [0.15, 0.2) is 59.1 Å². The van der Waals surface area contributed by atoms with Crippen LogP contribution in [0.4, 0.5) is 5.69 Å². The number of non-ortho nitro benzene ring substituents is 1. The lowest BCUT2D eigenvalue weighted by atomic mass is 9.73. The van der Waals surface area contributed by atoms with E-state index < -0.39 is 22.7 Å². The van der Waals surface area contributed by atoms with Gasteiger partial charge in [-0.15, -0.1) is 0 Å². The highest BCUT2D eigenvalue weighted by Gasteiger charge is 2.40. The van der Waals surface area contributed by atoms with Crippen molar-refractivity contribution in [3.05, 3.63) is 80.3 Å². The first-order chi connectivity index (χ1) is 13.4. The third-order valence-electron chi connectivity index (χ3n) is 4.73. The lowest BCUT2D eigenvalue weighted by Gasteiger charge is -2.29. The van der Waals surface area contributed by atoms with Crippen molar-refractivity contribution in [3.63, 3.8) is 0 Å². The molecule has 144 valence electrons. The number of nitro groups is 1. The molecule has 0 bridgehead atoms. The number of ketones is 1. The average molecular weight is 444 g/mol. The van der Waals surface area contributed by atoms with Gasteiger partial charge in [-0.25, -0.2) is 0 Å². The first-order valence-electron chi connectivity index (χ1n) is 8.82. The highest BCUT2D eigenvalue weighted by molar-refractivity contribution is 9.10. The summed E-state index contributed by atoms with van der Waals surface area (Å²) in [6, 6.07) is 13.6. The van der Waals surface area contributed by atoms with E-state index in [1.54, 1.807) is 19.1 Å². The van der Waals surface area contributed by atoms with Crippen LogP contribution in [0.5, 0.6) is 0 Å². The molecule has 1 aliphatic carbocycles. The fraction of sp³-hybridized carbons (Fsp3) is 0.238. The number of benzene rings is 2. The van der Waals surface area contributed by atoms with Crippen LogP contribution < -0.4 is 0 Å². The van der Waals surface area contributed by atoms with Gasteiger partial charge in [0.05, 0.1) is 11.5 Å². The molecule has 0 aromatic heterocycles. The molecule has 0 radical (unpaired) electrons. The summed E-state index contributed by atoms with van der Waals surface area (Å²) in [5.74, 6) is -2.49. The molecule has 1 aliphatic rings. The van der Waals surface area contributed by atoms with E-state index >= 15 is 0 Å². The zero-order valence-corrected chi connectivity index (χ0v) is 16.7. The Labute approximate surface area is 170 Å². The summed E-state index contributed by atoms with van der Waals surface area (Å²) in [6.45, 7) is 1.84. The van der Waals surface area contributed by atoms with E-state index in [2.05, 4.69) is 15.9 Å². The van der Waals surface area contributed by atoms with E-state index in [0.717, 1.165) is 15.6 Å². The van der Waals surface area contributed by atoms with Crippen LogP contribution in [0.25, 0.3) is 5.57 Å². The molecule has 0 N–H and O–H groups in total. The average Bonchev–Trinajstić information content (AvgIpc) is 2.68. The summed E-state index contributed by atoms with van der Waals surface area (Å²) in [6.07, 6.45) is 1.89. The van der Waals surface area contributed by atoms with Gasteiger partial charge in [0.2, 0.25) is 0 Å². The number of rotatable bonds is 5. The van der Waals surface area contributed by atoms with Gasteiger partial charge in [0, 0.05) is 22.5 Å². The predicted octanol–water partition coefficient (Wildman–Crippen LogP) is 4.68. The number of ether oxygens (including phenoxy) is 1. The number of hydrogen-bond acceptors (Lipinski definition) is 5. The maximum atomic E-state index is 12.8. The summed E-state index contributed by atoms with van der Waals surface area (Å²) < 4.78 is 6.02. The Balaban J connectivity index is 2.05. The highest BCUT2D eigenvalue weighted by Crippen LogP contribution is 2.41. The molecule has 6 nitrogen and oxygen atoms in total. The minimum Gasteiger partial charge on any atom is -0.465 e. The lowest BCUT2D eigenvalue weighted by Crippen LogP contribution is -2.34. The fourth-order valence-electron chi connectivity index (χ4n) is 3.43. The topological polar surface area (TPSA) is 86.5 Å². The number of nitrogens with zero attached hydrogens (tertiary/aromatic N) is 1. The molecule has 0 spiro atoms. The van der Waals surface area contributed by atoms with Crippen LogP contribution in [0.2, 0.25) is 0 Å². The highest BCUT2D eigenvalue weighted by atomic mass is 79.9. The Morgan fingerprint density at radius 3 is 2.61 bits per heavy atom. The van der Waals surface area contributed by atoms with Crippen LogP contribution in [0.1, 0.15) is 30.4 Å². The molecule has 0 fully saturated rings. The van der Waals surface area contributed by atoms with E-state index in [9.17, 15) is 19.7 Å². The van der Waals surface area contributed by atoms with Crippen molar-refractivity contribution in [1.82, 2.24) is 0 Å². The van der Waals surface area contributed by atoms with E-state index in [1.807, 2.05) is 24.3 Å². The lowest BCUT2D eigenvalue weighted by molar-refractivity contribution is -0.384. The summed E-state index contributed by atoms with van der Waals surface area (Å²) in [7, 11) is 0. The normalized spacial score (nSPS) is 19.1. The van der Waals surface area contributed by atoms with Gasteiger partial charge >= 0.3 is 5.97 Å². The number of carbonyl (C=O) groups excluding carboxylic acids is 2. The maximum absolute atomic E-state index is 12.8. The Hall–Kier alpha value is -2.80. The van der Waals surface area contributed by atoms with Crippen molar-refractivity contribution in [2.75, 3.05) is 6.61 Å². The van der Waals surface area contributed by atoms with Crippen LogP contribution >= 0.6 is 15.9 Å². The van der Waals surface area contributed by atoms with Crippen molar-refractivity contribution in [3.8, 4) is 0 Å². The van der Waals surface area contributed by atoms with Crippen LogP contribution in [0.3, 0.4) is 0 Å². The number of allylic oxidation sites excluding steroid dienone is 2. The number of halogens is 1. The van der Waals surface area contributed by atoms with E-state index in [-0.39, 0.29) is 18.1 Å². The Kier molecular flexibility index (Phi) is 6.04. The molecule has 0 heterocycles. The second kappa shape index (κ2) is 8.48. The van der Waals surface area contributed by atoms with Crippen molar-refractivity contribution in [1.29, 1.82) is 0 Å². The van der Waals surface area contributed by atoms with Gasteiger partial charge in [-0.1, -0.05) is 40.2 Å². The van der Waals surface area contributed by atoms with Gasteiger partial charge in [-0.2, -0.15) is 0 Å². The van der Waals surface area contributed by atoms with Crippen molar-refractivity contribution in [2.45, 2.75) is 19.3 Å². The van der Waals surface area contributed by atoms with Gasteiger partial charge < -0.3 is 4.74 Å². The molecule has 7 heteroatoms. The third-order valence-corrected chi connectivity index (χ3v) is 5.26. The molecule has 2 unspecified atom stereocenters. The monoisotopic (exact) mass is 443 g/mol. The van der Waals surface area contributed by atoms with Crippen LogP contribution in [-0.2, 0) is 14.3 Å². The third kappa shape index (κ3) is 4.20. The first kappa shape index (κ1) is 19.9. The Bertz CT molecular complexity index is 952. The minimum atomic E-state index is -1.01. The summed E-state index contributed by atoms with van der Waals surface area (Å²) >= 11 is 3.39. The van der Waals surface area contributed by atoms with Crippen LogP contribution in [0, 0.1) is 16.0 Å².